The van der Waals surface area contributed by atoms with Crippen LogP contribution in [0.25, 0.3) is 0 Å². The maximum atomic E-state index is 13.2. The first-order valence-corrected chi connectivity index (χ1v) is 10.6. The Hall–Kier alpha value is -3.15. The number of nitrogens with one attached hydrogen (secondary N) is 1. The Morgan fingerprint density at radius 2 is 1.69 bits per heavy atom. The molecule has 35 heavy (non-hydrogen) atoms. The number of phenolic OH excluding ortho intramolecular Hbond substituents is 1. The molecule has 1 heterocycles. The molecule has 2 atom stereocenters. The number of fused-ring (bicyclic) bond motifs is 1. The molecule has 2 aromatic carbocycles. The Morgan fingerprint density at radius 3 is 2.20 bits per heavy atom. The maximum absolute atomic E-state index is 13.2. The molecule has 6 nitrogen and oxygen atoms in total. The van der Waals surface area contributed by atoms with Crippen LogP contribution in [0.4, 0.5) is 36.8 Å². The topological polar surface area (TPSA) is 71.0 Å². The first-order valence-electron chi connectivity index (χ1n) is 10.6. The Bertz CT molecular complexity index is 1050. The van der Waals surface area contributed by atoms with E-state index < -0.39 is 41.7 Å². The fourth-order valence-electron chi connectivity index (χ4n) is 4.06. The van der Waals surface area contributed by atoms with Crippen molar-refractivity contribution in [3.05, 3.63) is 52.6 Å². The largest absolute Gasteiger partial charge is 0.504 e. The highest BCUT2D eigenvalue weighted by molar-refractivity contribution is 5.91. The number of methoxy groups -OCH3 is 1. The average molecular weight is 506 g/mol. The van der Waals surface area contributed by atoms with Crippen LogP contribution in [0.1, 0.15) is 48.6 Å². The number of hydrogen-bond acceptors (Lipinski definition) is 5. The summed E-state index contributed by atoms with van der Waals surface area (Å²) in [6.45, 7) is 3.14. The first kappa shape index (κ1) is 26.5. The van der Waals surface area contributed by atoms with Gasteiger partial charge in [-0.15, -0.1) is 0 Å². The molecule has 1 amide bonds. The van der Waals surface area contributed by atoms with Gasteiger partial charge in [-0.3, -0.25) is 4.90 Å². The van der Waals surface area contributed by atoms with Gasteiger partial charge < -0.3 is 19.9 Å². The van der Waals surface area contributed by atoms with E-state index in [9.17, 15) is 36.2 Å². The summed E-state index contributed by atoms with van der Waals surface area (Å²) in [5.74, 6) is -0.159. The van der Waals surface area contributed by atoms with Gasteiger partial charge in [-0.1, -0.05) is 0 Å². The summed E-state index contributed by atoms with van der Waals surface area (Å²) < 4.78 is 89.5. The smallest absolute Gasteiger partial charge is 0.416 e. The Labute approximate surface area is 197 Å². The van der Waals surface area contributed by atoms with E-state index in [0.29, 0.717) is 17.7 Å². The molecule has 0 saturated carbocycles. The van der Waals surface area contributed by atoms with Crippen molar-refractivity contribution in [3.63, 3.8) is 0 Å². The second-order valence-electron chi connectivity index (χ2n) is 8.08. The summed E-state index contributed by atoms with van der Waals surface area (Å²) in [5.41, 5.74) is -2.25. The van der Waals surface area contributed by atoms with Gasteiger partial charge >= 0.3 is 18.4 Å². The van der Waals surface area contributed by atoms with Gasteiger partial charge in [0.2, 0.25) is 0 Å². The minimum absolute atomic E-state index is 0.0757. The number of halogens is 6. The quantitative estimate of drug-likeness (QED) is 0.485. The number of hydrogen-bond donors (Lipinski definition) is 2. The van der Waals surface area contributed by atoms with Crippen molar-refractivity contribution in [1.29, 1.82) is 0 Å². The first-order chi connectivity index (χ1) is 16.3. The van der Waals surface area contributed by atoms with Crippen LogP contribution in [-0.2, 0) is 23.6 Å². The van der Waals surface area contributed by atoms with Gasteiger partial charge in [-0.05, 0) is 55.7 Å². The van der Waals surface area contributed by atoms with Crippen LogP contribution in [0.3, 0.4) is 0 Å². The number of amides is 1. The molecule has 3 rings (SSSR count). The molecule has 192 valence electrons. The third kappa shape index (κ3) is 5.75. The minimum Gasteiger partial charge on any atom is -0.504 e. The van der Waals surface area contributed by atoms with Crippen LogP contribution in [0.2, 0.25) is 0 Å². The number of carbonyl (C=O) groups excluding carboxylic acids is 1. The molecule has 0 aromatic heterocycles. The molecule has 0 unspecified atom stereocenters. The summed E-state index contributed by atoms with van der Waals surface area (Å²) in [5, 5.41) is 13.2. The highest BCUT2D eigenvalue weighted by Crippen LogP contribution is 2.44. The highest BCUT2D eigenvalue weighted by Gasteiger charge is 2.38. The predicted molar refractivity (Wildman–Crippen MR) is 114 cm³/mol. The molecule has 0 fully saturated rings. The van der Waals surface area contributed by atoms with Crippen LogP contribution < -0.4 is 15.0 Å². The Kier molecular flexibility index (Phi) is 7.44. The number of ether oxygens (including phenoxy) is 2. The molecule has 0 aliphatic carbocycles. The number of carbonyl (C=O) groups is 1. The van der Waals surface area contributed by atoms with Crippen molar-refractivity contribution < 1.29 is 45.7 Å². The van der Waals surface area contributed by atoms with Gasteiger partial charge in [0.15, 0.2) is 11.5 Å². The number of alkyl halides is 6. The second kappa shape index (κ2) is 9.84. The van der Waals surface area contributed by atoms with Crippen molar-refractivity contribution in [2.45, 2.75) is 51.2 Å². The monoisotopic (exact) mass is 506 g/mol. The molecular weight excluding hydrogens is 482 g/mol. The van der Waals surface area contributed by atoms with E-state index in [0.717, 1.165) is 0 Å². The fraction of sp³-hybridized carbons (Fsp3) is 0.435. The lowest BCUT2D eigenvalue weighted by Gasteiger charge is -2.39. The van der Waals surface area contributed by atoms with Crippen LogP contribution in [-0.4, -0.2) is 31.0 Å². The zero-order valence-corrected chi connectivity index (χ0v) is 19.0. The normalized spacial score (nSPS) is 18.3. The van der Waals surface area contributed by atoms with Crippen molar-refractivity contribution in [1.82, 2.24) is 5.32 Å². The Morgan fingerprint density at radius 1 is 1.09 bits per heavy atom. The number of anilines is 1. The highest BCUT2D eigenvalue weighted by atomic mass is 19.4. The SMILES string of the molecule is CCOC(=O)N1c2cc(O)c(OC)cc2[C@H](NCc2cc(C(F)(F)F)cc(C(F)(F)F)c2)C[C@@H]1C. The molecule has 0 radical (unpaired) electrons. The molecule has 1 aliphatic heterocycles. The fourth-order valence-corrected chi connectivity index (χ4v) is 4.06. The van der Waals surface area contributed by atoms with Crippen molar-refractivity contribution in [3.8, 4) is 11.5 Å². The van der Waals surface area contributed by atoms with E-state index in [1.54, 1.807) is 13.8 Å². The lowest BCUT2D eigenvalue weighted by atomic mass is 9.91. The van der Waals surface area contributed by atoms with Gasteiger partial charge in [0, 0.05) is 24.7 Å². The Balaban J connectivity index is 1.98. The number of phenols is 1. The van der Waals surface area contributed by atoms with Crippen molar-refractivity contribution in [2.24, 2.45) is 0 Å². The van der Waals surface area contributed by atoms with E-state index in [1.165, 1.54) is 24.1 Å². The zero-order chi connectivity index (χ0) is 26.1. The van der Waals surface area contributed by atoms with Gasteiger partial charge in [-0.2, -0.15) is 26.3 Å². The van der Waals surface area contributed by atoms with Gasteiger partial charge in [0.25, 0.3) is 0 Å². The summed E-state index contributed by atoms with van der Waals surface area (Å²) in [6.07, 6.45) is -10.3. The van der Waals surface area contributed by atoms with Crippen LogP contribution in [0.5, 0.6) is 11.5 Å². The van der Waals surface area contributed by atoms with E-state index in [1.807, 2.05) is 0 Å². The van der Waals surface area contributed by atoms with E-state index in [2.05, 4.69) is 5.32 Å². The molecule has 0 bridgehead atoms. The van der Waals surface area contributed by atoms with Crippen LogP contribution >= 0.6 is 0 Å². The zero-order valence-electron chi connectivity index (χ0n) is 19.0. The van der Waals surface area contributed by atoms with Gasteiger partial charge in [0.05, 0.1) is 30.5 Å². The molecular formula is C23H24F6N2O4. The standard InChI is InChI=1S/C23H24F6N2O4/c1-4-35-21(33)31-12(2)5-17(16-9-20(34-3)19(32)10-18(16)31)30-11-13-6-14(22(24,25)26)8-15(7-13)23(27,28)29/h6-10,12,17,30,32H,4-5,11H2,1-3H3/t12-,17+/m0/s1. The third-order valence-electron chi connectivity index (χ3n) is 5.65. The third-order valence-corrected chi connectivity index (χ3v) is 5.65. The summed E-state index contributed by atoms with van der Waals surface area (Å²) in [7, 11) is 1.32. The van der Waals surface area contributed by atoms with Crippen LogP contribution in [0.15, 0.2) is 30.3 Å². The minimum atomic E-state index is -4.95. The van der Waals surface area contributed by atoms with Gasteiger partial charge in [0.1, 0.15) is 0 Å². The summed E-state index contributed by atoms with van der Waals surface area (Å²) >= 11 is 0. The number of aromatic hydroxyl groups is 1. The van der Waals surface area contributed by atoms with E-state index in [-0.39, 0.29) is 48.4 Å². The second-order valence-corrected chi connectivity index (χ2v) is 8.08. The molecule has 0 saturated heterocycles. The van der Waals surface area contributed by atoms with Crippen molar-refractivity contribution >= 4 is 11.8 Å². The predicted octanol–water partition coefficient (Wildman–Crippen LogP) is 6.02. The number of benzene rings is 2. The molecule has 2 aromatic rings. The lowest BCUT2D eigenvalue weighted by molar-refractivity contribution is -0.143. The van der Waals surface area contributed by atoms with Crippen molar-refractivity contribution in [2.75, 3.05) is 18.6 Å². The molecule has 0 spiro atoms. The summed E-state index contributed by atoms with van der Waals surface area (Å²) in [4.78, 5) is 13.9. The van der Waals surface area contributed by atoms with Gasteiger partial charge in [-0.25, -0.2) is 4.79 Å². The molecule has 12 heteroatoms. The maximum Gasteiger partial charge on any atom is 0.416 e. The summed E-state index contributed by atoms with van der Waals surface area (Å²) in [6, 6.07) is 3.14. The van der Waals surface area contributed by atoms with Crippen LogP contribution in [0, 0.1) is 0 Å². The molecule has 2 N–H and O–H groups in total. The lowest BCUT2D eigenvalue weighted by Crippen LogP contribution is -2.45. The number of nitrogens with zero attached hydrogens (tertiary/aromatic N) is 1. The molecule has 1 aliphatic rings. The average Bonchev–Trinajstić information content (AvgIpc) is 2.75. The number of rotatable bonds is 5. The van der Waals surface area contributed by atoms with E-state index in [4.69, 9.17) is 9.47 Å². The van der Waals surface area contributed by atoms with E-state index >= 15 is 0 Å².